The minimum Gasteiger partial charge on any atom is -0.497 e. The van der Waals surface area contributed by atoms with Gasteiger partial charge in [-0.05, 0) is 30.2 Å². The lowest BCUT2D eigenvalue weighted by Crippen LogP contribution is -2.21. The summed E-state index contributed by atoms with van der Waals surface area (Å²) in [5, 5.41) is 0.914. The number of fused-ring (bicyclic) bond motifs is 1. The Kier molecular flexibility index (Phi) is 5.50. The van der Waals surface area contributed by atoms with Crippen molar-refractivity contribution in [1.29, 1.82) is 0 Å². The van der Waals surface area contributed by atoms with Crippen molar-refractivity contribution in [3.63, 3.8) is 0 Å². The van der Waals surface area contributed by atoms with Crippen molar-refractivity contribution < 1.29 is 14.3 Å². The van der Waals surface area contributed by atoms with E-state index in [4.69, 9.17) is 9.47 Å². The molecule has 27 heavy (non-hydrogen) atoms. The molecule has 1 atom stereocenters. The fraction of sp³-hybridized carbons (Fsp3) is 0.250. The number of benzene rings is 1. The predicted molar refractivity (Wildman–Crippen MR) is 108 cm³/mol. The van der Waals surface area contributed by atoms with E-state index in [0.717, 1.165) is 27.7 Å². The predicted octanol–water partition coefficient (Wildman–Crippen LogP) is 3.88. The number of esters is 1. The molecular weight excluding hydrogens is 380 g/mol. The Labute approximate surface area is 166 Å². The van der Waals surface area contributed by atoms with Gasteiger partial charge in [0.2, 0.25) is 0 Å². The number of ether oxygens (including phenoxy) is 2. The van der Waals surface area contributed by atoms with Crippen LogP contribution in [-0.2, 0) is 22.6 Å². The molecular formula is C20H18N2O3S2. The van der Waals surface area contributed by atoms with Crippen molar-refractivity contribution in [2.75, 3.05) is 12.9 Å². The molecule has 5 nitrogen and oxygen atoms in total. The van der Waals surface area contributed by atoms with E-state index in [2.05, 4.69) is 22.1 Å². The summed E-state index contributed by atoms with van der Waals surface area (Å²) < 4.78 is 10.7. The van der Waals surface area contributed by atoms with Crippen LogP contribution in [0.2, 0.25) is 0 Å². The zero-order valence-corrected chi connectivity index (χ0v) is 16.4. The number of allylic oxidation sites excluding steroid dienone is 1. The SMILES string of the molecule is COc1ccc2c(c1)SC(C1=NC(C(=O)OCc3cccnc3)CS1)=CC2. The number of nitrogens with zero attached hydrogens (tertiary/aromatic N) is 2. The highest BCUT2D eigenvalue weighted by Gasteiger charge is 2.29. The van der Waals surface area contributed by atoms with Crippen LogP contribution in [0, 0.1) is 0 Å². The molecule has 0 bridgehead atoms. The van der Waals surface area contributed by atoms with Gasteiger partial charge in [0.25, 0.3) is 0 Å². The number of rotatable bonds is 5. The topological polar surface area (TPSA) is 60.8 Å². The highest BCUT2D eigenvalue weighted by atomic mass is 32.2. The molecule has 4 rings (SSSR count). The van der Waals surface area contributed by atoms with E-state index in [1.807, 2.05) is 24.3 Å². The summed E-state index contributed by atoms with van der Waals surface area (Å²) in [6, 6.07) is 9.38. The maximum atomic E-state index is 12.3. The Balaban J connectivity index is 1.40. The first-order valence-corrected chi connectivity index (χ1v) is 10.3. The normalized spacial score (nSPS) is 18.3. The number of aromatic nitrogens is 1. The second kappa shape index (κ2) is 8.19. The minimum atomic E-state index is -0.449. The van der Waals surface area contributed by atoms with Gasteiger partial charge >= 0.3 is 5.97 Å². The third-order valence-corrected chi connectivity index (χ3v) is 6.63. The summed E-state index contributed by atoms with van der Waals surface area (Å²) in [4.78, 5) is 23.2. The van der Waals surface area contributed by atoms with Gasteiger partial charge in [0.05, 0.1) is 7.11 Å². The summed E-state index contributed by atoms with van der Waals surface area (Å²) in [6.45, 7) is 0.226. The molecule has 3 heterocycles. The molecule has 0 spiro atoms. The zero-order chi connectivity index (χ0) is 18.6. The van der Waals surface area contributed by atoms with Crippen LogP contribution in [0.1, 0.15) is 11.1 Å². The molecule has 0 saturated carbocycles. The Morgan fingerprint density at radius 2 is 2.26 bits per heavy atom. The largest absolute Gasteiger partial charge is 0.497 e. The number of hydrogen-bond donors (Lipinski definition) is 0. The van der Waals surface area contributed by atoms with Crippen LogP contribution in [0.25, 0.3) is 0 Å². The van der Waals surface area contributed by atoms with Gasteiger partial charge in [-0.3, -0.25) is 9.98 Å². The van der Waals surface area contributed by atoms with E-state index in [9.17, 15) is 4.79 Å². The second-order valence-electron chi connectivity index (χ2n) is 6.08. The first-order chi connectivity index (χ1) is 13.2. The fourth-order valence-corrected chi connectivity index (χ4v) is 5.04. The van der Waals surface area contributed by atoms with Gasteiger partial charge in [-0.25, -0.2) is 4.79 Å². The third kappa shape index (κ3) is 4.20. The molecule has 0 saturated heterocycles. The van der Waals surface area contributed by atoms with E-state index < -0.39 is 6.04 Å². The lowest BCUT2D eigenvalue weighted by molar-refractivity contribution is -0.145. The number of aliphatic imine (C=N–C) groups is 1. The summed E-state index contributed by atoms with van der Waals surface area (Å²) in [5.74, 6) is 1.18. The first-order valence-electron chi connectivity index (χ1n) is 8.54. The van der Waals surface area contributed by atoms with Crippen molar-refractivity contribution in [2.45, 2.75) is 24.0 Å². The molecule has 1 aromatic heterocycles. The molecule has 0 fully saturated rings. The van der Waals surface area contributed by atoms with E-state index in [1.54, 1.807) is 43.0 Å². The van der Waals surface area contributed by atoms with Crippen LogP contribution >= 0.6 is 23.5 Å². The second-order valence-corrected chi connectivity index (χ2v) is 8.17. The number of pyridine rings is 1. The molecule has 0 radical (unpaired) electrons. The third-order valence-electron chi connectivity index (χ3n) is 4.24. The number of thioether (sulfide) groups is 2. The van der Waals surface area contributed by atoms with Crippen LogP contribution in [0.5, 0.6) is 5.75 Å². The number of carbonyl (C=O) groups is 1. The van der Waals surface area contributed by atoms with Gasteiger partial charge in [0.15, 0.2) is 6.04 Å². The number of carbonyl (C=O) groups excluding carboxylic acids is 1. The number of methoxy groups -OCH3 is 1. The fourth-order valence-electron chi connectivity index (χ4n) is 2.78. The molecule has 1 unspecified atom stereocenters. The van der Waals surface area contributed by atoms with E-state index in [0.29, 0.717) is 5.75 Å². The maximum Gasteiger partial charge on any atom is 0.332 e. The molecule has 0 amide bonds. The van der Waals surface area contributed by atoms with Gasteiger partial charge < -0.3 is 9.47 Å². The van der Waals surface area contributed by atoms with Crippen molar-refractivity contribution in [2.24, 2.45) is 4.99 Å². The van der Waals surface area contributed by atoms with Crippen molar-refractivity contribution in [1.82, 2.24) is 4.98 Å². The zero-order valence-electron chi connectivity index (χ0n) is 14.8. The molecule has 1 aromatic carbocycles. The Morgan fingerprint density at radius 1 is 1.33 bits per heavy atom. The van der Waals surface area contributed by atoms with E-state index in [-0.39, 0.29) is 12.6 Å². The van der Waals surface area contributed by atoms with Crippen molar-refractivity contribution in [3.05, 3.63) is 64.8 Å². The molecule has 2 aliphatic rings. The van der Waals surface area contributed by atoms with Crippen molar-refractivity contribution in [3.8, 4) is 5.75 Å². The summed E-state index contributed by atoms with van der Waals surface area (Å²) in [7, 11) is 1.67. The Hall–Kier alpha value is -2.25. The molecule has 0 N–H and O–H groups in total. The molecule has 7 heteroatoms. The summed E-state index contributed by atoms with van der Waals surface area (Å²) >= 11 is 3.28. The highest BCUT2D eigenvalue weighted by molar-refractivity contribution is 8.18. The van der Waals surface area contributed by atoms with E-state index in [1.165, 1.54) is 10.5 Å². The smallest absolute Gasteiger partial charge is 0.332 e. The van der Waals surface area contributed by atoms with Crippen LogP contribution in [0.4, 0.5) is 0 Å². The number of hydrogen-bond acceptors (Lipinski definition) is 7. The van der Waals surface area contributed by atoms with Crippen LogP contribution < -0.4 is 4.74 Å². The van der Waals surface area contributed by atoms with E-state index >= 15 is 0 Å². The highest BCUT2D eigenvalue weighted by Crippen LogP contribution is 2.41. The van der Waals surface area contributed by atoms with Crippen LogP contribution in [0.15, 0.2) is 63.6 Å². The average Bonchev–Trinajstić information content (AvgIpc) is 3.22. The lowest BCUT2D eigenvalue weighted by atomic mass is 10.1. The van der Waals surface area contributed by atoms with Gasteiger partial charge in [-0.1, -0.05) is 30.0 Å². The molecule has 0 aliphatic carbocycles. The molecule has 2 aromatic rings. The summed E-state index contributed by atoms with van der Waals surface area (Å²) in [5.41, 5.74) is 2.15. The lowest BCUT2D eigenvalue weighted by Gasteiger charge is -2.16. The van der Waals surface area contributed by atoms with Gasteiger partial charge in [0, 0.05) is 33.5 Å². The standard InChI is InChI=1S/C20H18N2O3S2/c1-24-15-6-4-14-5-7-17(27-18(14)9-15)19-22-16(12-26-19)20(23)25-11-13-3-2-8-21-10-13/h2-4,6-10,16H,5,11-12H2,1H3. The van der Waals surface area contributed by atoms with Crippen LogP contribution in [0.3, 0.4) is 0 Å². The summed E-state index contributed by atoms with van der Waals surface area (Å²) in [6.07, 6.45) is 6.42. The quantitative estimate of drug-likeness (QED) is 0.713. The maximum absolute atomic E-state index is 12.3. The minimum absolute atomic E-state index is 0.226. The molecule has 2 aliphatic heterocycles. The first kappa shape index (κ1) is 18.1. The van der Waals surface area contributed by atoms with Gasteiger partial charge in [-0.2, -0.15) is 0 Å². The Morgan fingerprint density at radius 3 is 3.07 bits per heavy atom. The Bertz CT molecular complexity index is 913. The molecule has 138 valence electrons. The average molecular weight is 399 g/mol. The monoisotopic (exact) mass is 398 g/mol. The van der Waals surface area contributed by atoms with Gasteiger partial charge in [-0.15, -0.1) is 11.8 Å². The van der Waals surface area contributed by atoms with Gasteiger partial charge in [0.1, 0.15) is 17.4 Å². The van der Waals surface area contributed by atoms with Crippen LogP contribution in [-0.4, -0.2) is 34.9 Å². The van der Waals surface area contributed by atoms with Crippen molar-refractivity contribution >= 4 is 34.5 Å².